The Labute approximate surface area is 143 Å². The van der Waals surface area contributed by atoms with Crippen molar-refractivity contribution >= 4 is 45.2 Å². The minimum Gasteiger partial charge on any atom is -0.452 e. The van der Waals surface area contributed by atoms with E-state index in [9.17, 15) is 9.59 Å². The van der Waals surface area contributed by atoms with Crippen molar-refractivity contribution in [2.75, 3.05) is 6.61 Å². The zero-order valence-corrected chi connectivity index (χ0v) is 14.9. The maximum absolute atomic E-state index is 11.8. The zero-order chi connectivity index (χ0) is 15.9. The Balaban J connectivity index is 1.71. The fourth-order valence-electron chi connectivity index (χ4n) is 2.53. The van der Waals surface area contributed by atoms with Crippen molar-refractivity contribution in [3.05, 3.63) is 26.9 Å². The van der Waals surface area contributed by atoms with Crippen molar-refractivity contribution in [2.24, 2.45) is 5.92 Å². The van der Waals surface area contributed by atoms with E-state index in [1.807, 2.05) is 12.1 Å². The summed E-state index contributed by atoms with van der Waals surface area (Å²) in [6.07, 6.45) is 7.55. The molecule has 2 atom stereocenters. The monoisotopic (exact) mass is 385 g/mol. The molecule has 1 aliphatic carbocycles. The molecule has 1 aromatic rings. The normalized spacial score (nSPS) is 21.7. The molecule has 1 saturated carbocycles. The molecule has 0 spiro atoms. The van der Waals surface area contributed by atoms with Gasteiger partial charge in [0.15, 0.2) is 6.61 Å². The first-order valence-corrected chi connectivity index (χ1v) is 9.05. The summed E-state index contributed by atoms with van der Waals surface area (Å²) < 4.78 is 5.97. The first kappa shape index (κ1) is 17.2. The van der Waals surface area contributed by atoms with Crippen molar-refractivity contribution in [3.8, 4) is 0 Å². The van der Waals surface area contributed by atoms with Crippen LogP contribution in [0.5, 0.6) is 0 Å². The maximum Gasteiger partial charge on any atom is 0.331 e. The second kappa shape index (κ2) is 8.48. The first-order chi connectivity index (χ1) is 10.5. The lowest BCUT2D eigenvalue weighted by Gasteiger charge is -2.29. The van der Waals surface area contributed by atoms with Gasteiger partial charge in [-0.15, -0.1) is 11.3 Å². The van der Waals surface area contributed by atoms with E-state index < -0.39 is 5.97 Å². The van der Waals surface area contributed by atoms with Gasteiger partial charge in [0.25, 0.3) is 5.91 Å². The van der Waals surface area contributed by atoms with Crippen LogP contribution in [0, 0.1) is 5.92 Å². The Kier molecular flexibility index (Phi) is 6.64. The molecule has 1 aliphatic rings. The molecule has 0 bridgehead atoms. The number of halogens is 1. The third kappa shape index (κ3) is 5.57. The van der Waals surface area contributed by atoms with E-state index in [0.29, 0.717) is 5.92 Å². The van der Waals surface area contributed by atoms with Crippen LogP contribution in [0.15, 0.2) is 22.0 Å². The average Bonchev–Trinajstić information content (AvgIpc) is 2.91. The molecule has 0 saturated heterocycles. The molecular formula is C16H20BrNO3S. The molecule has 6 heteroatoms. The third-order valence-electron chi connectivity index (χ3n) is 3.78. The fourth-order valence-corrected chi connectivity index (χ4v) is 3.86. The first-order valence-electron chi connectivity index (χ1n) is 7.44. The number of carbonyl (C=O) groups excluding carboxylic acids is 2. The summed E-state index contributed by atoms with van der Waals surface area (Å²) in [7, 11) is 0. The molecule has 1 amide bonds. The van der Waals surface area contributed by atoms with E-state index in [1.54, 1.807) is 6.08 Å². The molecule has 120 valence electrons. The molecule has 2 rings (SSSR count). The van der Waals surface area contributed by atoms with Crippen LogP contribution in [-0.4, -0.2) is 24.5 Å². The van der Waals surface area contributed by atoms with Gasteiger partial charge in [0, 0.05) is 17.0 Å². The van der Waals surface area contributed by atoms with Crippen LogP contribution in [0.2, 0.25) is 0 Å². The van der Waals surface area contributed by atoms with Gasteiger partial charge < -0.3 is 10.1 Å². The summed E-state index contributed by atoms with van der Waals surface area (Å²) in [5.41, 5.74) is 0. The maximum atomic E-state index is 11.8. The summed E-state index contributed by atoms with van der Waals surface area (Å²) in [5, 5.41) is 2.96. The second-order valence-electron chi connectivity index (χ2n) is 5.52. The van der Waals surface area contributed by atoms with Crippen LogP contribution in [0.4, 0.5) is 0 Å². The summed E-state index contributed by atoms with van der Waals surface area (Å²) in [4.78, 5) is 24.4. The SMILES string of the molecule is C[C@H]1CCCC[C@H]1NC(=O)COC(=O)/C=C/c1ccc(Br)s1. The molecule has 4 nitrogen and oxygen atoms in total. The number of thiophene rings is 1. The average molecular weight is 386 g/mol. The number of hydrogen-bond acceptors (Lipinski definition) is 4. The molecule has 1 aromatic heterocycles. The van der Waals surface area contributed by atoms with E-state index in [0.717, 1.165) is 27.9 Å². The minimum absolute atomic E-state index is 0.207. The standard InChI is InChI=1S/C16H20BrNO3S/c1-11-4-2-3-5-13(11)18-15(19)10-21-16(20)9-7-12-6-8-14(17)22-12/h6-9,11,13H,2-5,10H2,1H3,(H,18,19)/b9-7+/t11-,13+/m0/s1. The van der Waals surface area contributed by atoms with Crippen molar-refractivity contribution in [1.82, 2.24) is 5.32 Å². The highest BCUT2D eigenvalue weighted by atomic mass is 79.9. The zero-order valence-electron chi connectivity index (χ0n) is 12.5. The number of hydrogen-bond donors (Lipinski definition) is 1. The fraction of sp³-hybridized carbons (Fsp3) is 0.500. The van der Waals surface area contributed by atoms with Gasteiger partial charge in [-0.05, 0) is 52.9 Å². The number of carbonyl (C=O) groups is 2. The van der Waals surface area contributed by atoms with Gasteiger partial charge in [-0.25, -0.2) is 4.79 Å². The lowest BCUT2D eigenvalue weighted by Crippen LogP contribution is -2.42. The van der Waals surface area contributed by atoms with E-state index >= 15 is 0 Å². The van der Waals surface area contributed by atoms with Gasteiger partial charge in [-0.3, -0.25) is 4.79 Å². The second-order valence-corrected chi connectivity index (χ2v) is 8.01. The Morgan fingerprint density at radius 2 is 2.18 bits per heavy atom. The smallest absolute Gasteiger partial charge is 0.331 e. The topological polar surface area (TPSA) is 55.4 Å². The third-order valence-corrected chi connectivity index (χ3v) is 5.37. The molecule has 0 aliphatic heterocycles. The van der Waals surface area contributed by atoms with Gasteiger partial charge in [-0.2, -0.15) is 0 Å². The minimum atomic E-state index is -0.503. The number of nitrogens with one attached hydrogen (secondary N) is 1. The highest BCUT2D eigenvalue weighted by molar-refractivity contribution is 9.11. The number of rotatable bonds is 5. The summed E-state index contributed by atoms with van der Waals surface area (Å²) in [6, 6.07) is 4.02. The predicted octanol–water partition coefficient (Wildman–Crippen LogP) is 3.76. The highest BCUT2D eigenvalue weighted by Crippen LogP contribution is 2.24. The molecule has 0 unspecified atom stereocenters. The van der Waals surface area contributed by atoms with Gasteiger partial charge in [0.05, 0.1) is 3.79 Å². The van der Waals surface area contributed by atoms with E-state index in [2.05, 4.69) is 28.2 Å². The van der Waals surface area contributed by atoms with Crippen LogP contribution in [-0.2, 0) is 14.3 Å². The van der Waals surface area contributed by atoms with Crippen molar-refractivity contribution in [3.63, 3.8) is 0 Å². The van der Waals surface area contributed by atoms with E-state index in [-0.39, 0.29) is 18.6 Å². The van der Waals surface area contributed by atoms with E-state index in [4.69, 9.17) is 4.74 Å². The molecular weight excluding hydrogens is 366 g/mol. The quantitative estimate of drug-likeness (QED) is 0.619. The molecule has 1 fully saturated rings. The molecule has 0 aromatic carbocycles. The van der Waals surface area contributed by atoms with Crippen molar-refractivity contribution in [2.45, 2.75) is 38.6 Å². The van der Waals surface area contributed by atoms with Crippen LogP contribution >= 0.6 is 27.3 Å². The van der Waals surface area contributed by atoms with Crippen LogP contribution in [0.1, 0.15) is 37.5 Å². The Bertz CT molecular complexity index is 555. The molecule has 0 radical (unpaired) electrons. The van der Waals surface area contributed by atoms with Crippen LogP contribution in [0.3, 0.4) is 0 Å². The largest absolute Gasteiger partial charge is 0.452 e. The Morgan fingerprint density at radius 1 is 1.41 bits per heavy atom. The number of esters is 1. The molecule has 1 N–H and O–H groups in total. The highest BCUT2D eigenvalue weighted by Gasteiger charge is 2.22. The van der Waals surface area contributed by atoms with Crippen molar-refractivity contribution < 1.29 is 14.3 Å². The Hall–Kier alpha value is -1.14. The van der Waals surface area contributed by atoms with Gasteiger partial charge >= 0.3 is 5.97 Å². The predicted molar refractivity (Wildman–Crippen MR) is 91.6 cm³/mol. The van der Waals surface area contributed by atoms with Gasteiger partial charge in [0.2, 0.25) is 0 Å². The number of ether oxygens (including phenoxy) is 1. The lowest BCUT2D eigenvalue weighted by molar-refractivity contribution is -0.144. The summed E-state index contributed by atoms with van der Waals surface area (Å²) >= 11 is 4.88. The van der Waals surface area contributed by atoms with E-state index in [1.165, 1.54) is 23.8 Å². The van der Waals surface area contributed by atoms with Gasteiger partial charge in [0.1, 0.15) is 0 Å². The number of amides is 1. The van der Waals surface area contributed by atoms with Crippen LogP contribution < -0.4 is 5.32 Å². The van der Waals surface area contributed by atoms with Crippen LogP contribution in [0.25, 0.3) is 6.08 Å². The molecule has 22 heavy (non-hydrogen) atoms. The molecule has 1 heterocycles. The van der Waals surface area contributed by atoms with Gasteiger partial charge in [-0.1, -0.05) is 19.8 Å². The summed E-state index contributed by atoms with van der Waals surface area (Å²) in [6.45, 7) is 1.93. The summed E-state index contributed by atoms with van der Waals surface area (Å²) in [5.74, 6) is -0.235. The lowest BCUT2D eigenvalue weighted by atomic mass is 9.86. The van der Waals surface area contributed by atoms with Crippen molar-refractivity contribution in [1.29, 1.82) is 0 Å². The Morgan fingerprint density at radius 3 is 2.86 bits per heavy atom.